The Morgan fingerprint density at radius 3 is 2.56 bits per heavy atom. The van der Waals surface area contributed by atoms with Crippen molar-refractivity contribution >= 4 is 5.97 Å². The number of methoxy groups -OCH3 is 2. The second kappa shape index (κ2) is 7.58. The Bertz CT molecular complexity index is 387. The van der Waals surface area contributed by atoms with Crippen molar-refractivity contribution < 1.29 is 19.4 Å². The maximum absolute atomic E-state index is 10.4. The minimum Gasteiger partial charge on any atom is -0.497 e. The summed E-state index contributed by atoms with van der Waals surface area (Å²) >= 11 is 0. The van der Waals surface area contributed by atoms with E-state index in [1.165, 1.54) is 0 Å². The molecule has 0 unspecified atom stereocenters. The highest BCUT2D eigenvalue weighted by molar-refractivity contribution is 5.66. The van der Waals surface area contributed by atoms with Gasteiger partial charge < -0.3 is 14.6 Å². The van der Waals surface area contributed by atoms with Crippen molar-refractivity contribution in [1.29, 1.82) is 0 Å². The molecule has 4 heteroatoms. The van der Waals surface area contributed by atoms with E-state index in [2.05, 4.69) is 0 Å². The average molecular weight is 252 g/mol. The molecule has 0 bridgehead atoms. The zero-order valence-corrected chi connectivity index (χ0v) is 10.9. The van der Waals surface area contributed by atoms with Gasteiger partial charge in [-0.3, -0.25) is 4.79 Å². The van der Waals surface area contributed by atoms with Crippen molar-refractivity contribution in [2.45, 2.75) is 32.1 Å². The van der Waals surface area contributed by atoms with Gasteiger partial charge in [0.15, 0.2) is 0 Å². The minimum absolute atomic E-state index is 0.245. The third kappa shape index (κ3) is 4.65. The molecule has 0 aliphatic rings. The fraction of sp³-hybridized carbons (Fsp3) is 0.500. The van der Waals surface area contributed by atoms with Crippen molar-refractivity contribution in [3.63, 3.8) is 0 Å². The van der Waals surface area contributed by atoms with E-state index in [1.54, 1.807) is 14.2 Å². The fourth-order valence-electron chi connectivity index (χ4n) is 1.85. The van der Waals surface area contributed by atoms with Crippen LogP contribution in [0.1, 0.15) is 31.2 Å². The van der Waals surface area contributed by atoms with E-state index in [9.17, 15) is 4.79 Å². The Morgan fingerprint density at radius 2 is 1.94 bits per heavy atom. The van der Waals surface area contributed by atoms with E-state index in [0.29, 0.717) is 0 Å². The van der Waals surface area contributed by atoms with E-state index in [4.69, 9.17) is 14.6 Å². The number of carboxylic acid groups (broad SMARTS) is 1. The summed E-state index contributed by atoms with van der Waals surface area (Å²) in [5.41, 5.74) is 1.10. The highest BCUT2D eigenvalue weighted by Crippen LogP contribution is 2.25. The molecule has 0 radical (unpaired) electrons. The summed E-state index contributed by atoms with van der Waals surface area (Å²) < 4.78 is 10.5. The first-order valence-corrected chi connectivity index (χ1v) is 6.10. The van der Waals surface area contributed by atoms with Crippen LogP contribution in [0.4, 0.5) is 0 Å². The first kappa shape index (κ1) is 14.4. The van der Waals surface area contributed by atoms with E-state index in [0.717, 1.165) is 42.7 Å². The van der Waals surface area contributed by atoms with Crippen LogP contribution in [-0.2, 0) is 11.2 Å². The summed E-state index contributed by atoms with van der Waals surface area (Å²) in [6.45, 7) is 0. The Morgan fingerprint density at radius 1 is 1.17 bits per heavy atom. The third-order valence-corrected chi connectivity index (χ3v) is 2.82. The smallest absolute Gasteiger partial charge is 0.303 e. The van der Waals surface area contributed by atoms with Crippen molar-refractivity contribution in [2.75, 3.05) is 14.2 Å². The molecule has 18 heavy (non-hydrogen) atoms. The van der Waals surface area contributed by atoms with Gasteiger partial charge in [0.05, 0.1) is 14.2 Å². The van der Waals surface area contributed by atoms with Gasteiger partial charge in [-0.05, 0) is 43.0 Å². The molecule has 1 aromatic carbocycles. The van der Waals surface area contributed by atoms with Crippen LogP contribution in [0, 0.1) is 0 Å². The van der Waals surface area contributed by atoms with E-state index in [-0.39, 0.29) is 6.42 Å². The first-order valence-electron chi connectivity index (χ1n) is 6.10. The van der Waals surface area contributed by atoms with Crippen LogP contribution in [0.25, 0.3) is 0 Å². The Kier molecular flexibility index (Phi) is 6.05. The number of unbranched alkanes of at least 4 members (excludes halogenated alkanes) is 2. The van der Waals surface area contributed by atoms with Crippen molar-refractivity contribution in [3.05, 3.63) is 23.8 Å². The number of carboxylic acids is 1. The van der Waals surface area contributed by atoms with Gasteiger partial charge in [0.1, 0.15) is 11.5 Å². The number of hydrogen-bond donors (Lipinski definition) is 1. The lowest BCUT2D eigenvalue weighted by atomic mass is 10.0. The second-order valence-corrected chi connectivity index (χ2v) is 4.13. The lowest BCUT2D eigenvalue weighted by Gasteiger charge is -2.10. The number of rotatable bonds is 8. The summed E-state index contributed by atoms with van der Waals surface area (Å²) in [6.07, 6.45) is 3.71. The van der Waals surface area contributed by atoms with Gasteiger partial charge in [0.2, 0.25) is 0 Å². The van der Waals surface area contributed by atoms with E-state index >= 15 is 0 Å². The van der Waals surface area contributed by atoms with Crippen LogP contribution in [-0.4, -0.2) is 25.3 Å². The zero-order chi connectivity index (χ0) is 13.4. The maximum Gasteiger partial charge on any atom is 0.303 e. The second-order valence-electron chi connectivity index (χ2n) is 4.13. The van der Waals surface area contributed by atoms with Crippen LogP contribution < -0.4 is 9.47 Å². The number of aliphatic carboxylic acids is 1. The molecule has 1 rings (SSSR count). The molecule has 0 aliphatic carbocycles. The number of carbonyl (C=O) groups is 1. The molecule has 4 nitrogen and oxygen atoms in total. The van der Waals surface area contributed by atoms with Crippen LogP contribution in [0.5, 0.6) is 11.5 Å². The van der Waals surface area contributed by atoms with Crippen LogP contribution in [0.3, 0.4) is 0 Å². The third-order valence-electron chi connectivity index (χ3n) is 2.82. The van der Waals surface area contributed by atoms with Gasteiger partial charge in [-0.15, -0.1) is 0 Å². The topological polar surface area (TPSA) is 55.8 Å². The molecular weight excluding hydrogens is 232 g/mol. The molecule has 0 aliphatic heterocycles. The molecule has 0 atom stereocenters. The standard InChI is InChI=1S/C14H20O4/c1-17-12-8-9-13(18-2)11(10-12)6-4-3-5-7-14(15)16/h8-10H,3-7H2,1-2H3,(H,15,16). The van der Waals surface area contributed by atoms with Crippen LogP contribution >= 0.6 is 0 Å². The fourth-order valence-corrected chi connectivity index (χ4v) is 1.85. The number of benzene rings is 1. The van der Waals surface area contributed by atoms with Gasteiger partial charge in [0.25, 0.3) is 0 Å². The van der Waals surface area contributed by atoms with E-state index < -0.39 is 5.97 Å². The normalized spacial score (nSPS) is 10.1. The molecule has 0 amide bonds. The lowest BCUT2D eigenvalue weighted by molar-refractivity contribution is -0.137. The Balaban J connectivity index is 2.47. The molecule has 0 aromatic heterocycles. The lowest BCUT2D eigenvalue weighted by Crippen LogP contribution is -1.96. The summed E-state index contributed by atoms with van der Waals surface area (Å²) in [6, 6.07) is 5.73. The van der Waals surface area contributed by atoms with Gasteiger partial charge >= 0.3 is 5.97 Å². The van der Waals surface area contributed by atoms with Gasteiger partial charge in [-0.2, -0.15) is 0 Å². The first-order chi connectivity index (χ1) is 8.67. The molecular formula is C14H20O4. The van der Waals surface area contributed by atoms with Crippen molar-refractivity contribution in [3.8, 4) is 11.5 Å². The molecule has 1 N–H and O–H groups in total. The minimum atomic E-state index is -0.728. The van der Waals surface area contributed by atoms with Gasteiger partial charge in [0, 0.05) is 6.42 Å². The zero-order valence-electron chi connectivity index (χ0n) is 10.9. The Labute approximate surface area is 108 Å². The number of aryl methyl sites for hydroxylation is 1. The molecule has 0 saturated heterocycles. The summed E-state index contributed by atoms with van der Waals surface area (Å²) in [5.74, 6) is 0.944. The highest BCUT2D eigenvalue weighted by atomic mass is 16.5. The maximum atomic E-state index is 10.4. The molecule has 0 spiro atoms. The molecule has 100 valence electrons. The van der Waals surface area contributed by atoms with Crippen LogP contribution in [0.15, 0.2) is 18.2 Å². The molecule has 0 saturated carbocycles. The van der Waals surface area contributed by atoms with Gasteiger partial charge in [-0.25, -0.2) is 0 Å². The average Bonchev–Trinajstić information content (AvgIpc) is 2.37. The SMILES string of the molecule is COc1ccc(OC)c(CCCCCC(=O)O)c1. The monoisotopic (exact) mass is 252 g/mol. The Hall–Kier alpha value is -1.71. The number of ether oxygens (including phenoxy) is 2. The summed E-state index contributed by atoms with van der Waals surface area (Å²) in [7, 11) is 3.29. The molecule has 1 aromatic rings. The van der Waals surface area contributed by atoms with Crippen molar-refractivity contribution in [2.24, 2.45) is 0 Å². The molecule has 0 heterocycles. The van der Waals surface area contributed by atoms with E-state index in [1.807, 2.05) is 18.2 Å². The predicted molar refractivity (Wildman–Crippen MR) is 69.4 cm³/mol. The summed E-state index contributed by atoms with van der Waals surface area (Å²) in [5, 5.41) is 8.54. The largest absolute Gasteiger partial charge is 0.497 e. The molecule has 0 fully saturated rings. The van der Waals surface area contributed by atoms with Crippen molar-refractivity contribution in [1.82, 2.24) is 0 Å². The highest BCUT2D eigenvalue weighted by Gasteiger charge is 2.05. The van der Waals surface area contributed by atoms with Crippen LogP contribution in [0.2, 0.25) is 0 Å². The quantitative estimate of drug-likeness (QED) is 0.723. The summed E-state index contributed by atoms with van der Waals surface area (Å²) in [4.78, 5) is 10.4. The predicted octanol–water partition coefficient (Wildman–Crippen LogP) is 2.89. The van der Waals surface area contributed by atoms with Gasteiger partial charge in [-0.1, -0.05) is 6.42 Å². The number of hydrogen-bond acceptors (Lipinski definition) is 3.